The van der Waals surface area contributed by atoms with Crippen LogP contribution in [-0.4, -0.2) is 31.4 Å². The van der Waals surface area contributed by atoms with Gasteiger partial charge in [0.25, 0.3) is 0 Å². The molecule has 0 aliphatic rings. The van der Waals surface area contributed by atoms with E-state index in [0.29, 0.717) is 19.8 Å². The van der Waals surface area contributed by atoms with E-state index in [4.69, 9.17) is 4.74 Å². The van der Waals surface area contributed by atoms with E-state index >= 15 is 0 Å². The smallest absolute Gasteiger partial charge is 0.131 e. The second-order valence-corrected chi connectivity index (χ2v) is 4.04. The molecule has 5 heteroatoms. The molecular formula is C14H19F2NO2. The van der Waals surface area contributed by atoms with E-state index in [0.717, 1.165) is 18.6 Å². The van der Waals surface area contributed by atoms with Crippen molar-refractivity contribution in [3.05, 3.63) is 48.1 Å². The summed E-state index contributed by atoms with van der Waals surface area (Å²) in [6, 6.07) is 3.52. The average Bonchev–Trinajstić information content (AvgIpc) is 2.37. The zero-order valence-electron chi connectivity index (χ0n) is 10.7. The highest BCUT2D eigenvalue weighted by atomic mass is 19.1. The molecule has 1 unspecified atom stereocenters. The molecule has 2 N–H and O–H groups in total. The fourth-order valence-corrected chi connectivity index (χ4v) is 1.58. The summed E-state index contributed by atoms with van der Waals surface area (Å²) in [6.07, 6.45) is 1.33. The molecule has 106 valence electrons. The van der Waals surface area contributed by atoms with Gasteiger partial charge < -0.3 is 15.2 Å². The quantitative estimate of drug-likeness (QED) is 0.534. The number of benzene rings is 1. The predicted octanol–water partition coefficient (Wildman–Crippen LogP) is 2.18. The maximum Gasteiger partial charge on any atom is 0.131 e. The molecular weight excluding hydrogens is 252 g/mol. The van der Waals surface area contributed by atoms with Gasteiger partial charge in [-0.05, 0) is 18.6 Å². The number of aliphatic hydroxyl groups excluding tert-OH is 1. The summed E-state index contributed by atoms with van der Waals surface area (Å²) < 4.78 is 32.0. The molecule has 1 aromatic rings. The van der Waals surface area contributed by atoms with Gasteiger partial charge in [-0.15, -0.1) is 6.58 Å². The van der Waals surface area contributed by atoms with Gasteiger partial charge in [0.05, 0.1) is 24.9 Å². The molecule has 0 saturated heterocycles. The Morgan fingerprint density at radius 1 is 1.32 bits per heavy atom. The van der Waals surface area contributed by atoms with Gasteiger partial charge in [0.15, 0.2) is 0 Å². The van der Waals surface area contributed by atoms with Crippen LogP contribution in [0.25, 0.3) is 0 Å². The van der Waals surface area contributed by atoms with E-state index < -0.39 is 17.7 Å². The molecule has 0 amide bonds. The van der Waals surface area contributed by atoms with Gasteiger partial charge in [0.1, 0.15) is 11.6 Å². The number of rotatable bonds is 9. The van der Waals surface area contributed by atoms with Crippen LogP contribution in [-0.2, 0) is 4.74 Å². The van der Waals surface area contributed by atoms with E-state index in [9.17, 15) is 13.9 Å². The van der Waals surface area contributed by atoms with Crippen molar-refractivity contribution in [3.63, 3.8) is 0 Å². The molecule has 3 nitrogen and oxygen atoms in total. The van der Waals surface area contributed by atoms with Crippen LogP contribution < -0.4 is 5.32 Å². The van der Waals surface area contributed by atoms with Gasteiger partial charge in [0.2, 0.25) is 0 Å². The van der Waals surface area contributed by atoms with E-state index in [-0.39, 0.29) is 12.1 Å². The largest absolute Gasteiger partial charge is 0.387 e. The van der Waals surface area contributed by atoms with Gasteiger partial charge in [-0.25, -0.2) is 8.78 Å². The van der Waals surface area contributed by atoms with Crippen LogP contribution in [0.2, 0.25) is 0 Å². The second kappa shape index (κ2) is 8.74. The van der Waals surface area contributed by atoms with Gasteiger partial charge in [-0.1, -0.05) is 12.1 Å². The summed E-state index contributed by atoms with van der Waals surface area (Å²) in [4.78, 5) is 0. The lowest BCUT2D eigenvalue weighted by Crippen LogP contribution is -2.26. The SMILES string of the molecule is C=CCCOCCNCC(O)c1c(F)cccc1F. The Balaban J connectivity index is 2.28. The normalized spacial score (nSPS) is 12.4. The number of hydrogen-bond acceptors (Lipinski definition) is 3. The minimum atomic E-state index is -1.21. The van der Waals surface area contributed by atoms with Crippen LogP contribution in [0.5, 0.6) is 0 Å². The molecule has 0 heterocycles. The summed E-state index contributed by atoms with van der Waals surface area (Å²) >= 11 is 0. The highest BCUT2D eigenvalue weighted by molar-refractivity contribution is 5.22. The molecule has 0 aliphatic heterocycles. The van der Waals surface area contributed by atoms with Crippen molar-refractivity contribution in [1.82, 2.24) is 5.32 Å². The average molecular weight is 271 g/mol. The first kappa shape index (κ1) is 15.8. The van der Waals surface area contributed by atoms with Gasteiger partial charge in [-0.3, -0.25) is 0 Å². The Kier molecular flexibility index (Phi) is 7.25. The Labute approximate surface area is 111 Å². The van der Waals surface area contributed by atoms with Crippen molar-refractivity contribution in [2.24, 2.45) is 0 Å². The van der Waals surface area contributed by atoms with Gasteiger partial charge in [-0.2, -0.15) is 0 Å². The Bertz CT molecular complexity index is 379. The predicted molar refractivity (Wildman–Crippen MR) is 69.8 cm³/mol. The summed E-state index contributed by atoms with van der Waals surface area (Å²) in [6.45, 7) is 5.21. The third-order valence-electron chi connectivity index (χ3n) is 2.56. The number of hydrogen-bond donors (Lipinski definition) is 2. The van der Waals surface area contributed by atoms with Crippen LogP contribution in [0.4, 0.5) is 8.78 Å². The molecule has 19 heavy (non-hydrogen) atoms. The van der Waals surface area contributed by atoms with Crippen LogP contribution in [0.15, 0.2) is 30.9 Å². The third kappa shape index (κ3) is 5.46. The molecule has 1 atom stereocenters. The summed E-state index contributed by atoms with van der Waals surface area (Å²) in [5, 5.41) is 12.6. The maximum atomic E-state index is 13.4. The molecule has 0 saturated carbocycles. The number of aliphatic hydroxyl groups is 1. The zero-order valence-corrected chi connectivity index (χ0v) is 10.7. The van der Waals surface area contributed by atoms with Gasteiger partial charge in [0, 0.05) is 13.1 Å². The van der Waals surface area contributed by atoms with Crippen LogP contribution in [0.1, 0.15) is 18.1 Å². The second-order valence-electron chi connectivity index (χ2n) is 4.04. The van der Waals surface area contributed by atoms with E-state index in [2.05, 4.69) is 11.9 Å². The molecule has 0 fully saturated rings. The van der Waals surface area contributed by atoms with Crippen LogP contribution >= 0.6 is 0 Å². The standard InChI is InChI=1S/C14H19F2NO2/c1-2-3-8-19-9-7-17-10-13(18)14-11(15)5-4-6-12(14)16/h2,4-6,13,17-18H,1,3,7-10H2. The van der Waals surface area contributed by atoms with E-state index in [1.54, 1.807) is 6.08 Å². The lowest BCUT2D eigenvalue weighted by Gasteiger charge is -2.13. The molecule has 1 aromatic carbocycles. The fourth-order valence-electron chi connectivity index (χ4n) is 1.58. The molecule has 0 aromatic heterocycles. The molecule has 0 bridgehead atoms. The summed E-state index contributed by atoms with van der Waals surface area (Å²) in [5.74, 6) is -1.48. The third-order valence-corrected chi connectivity index (χ3v) is 2.56. The zero-order chi connectivity index (χ0) is 14.1. The molecule has 0 radical (unpaired) electrons. The minimum absolute atomic E-state index is 0.0721. The first-order chi connectivity index (χ1) is 9.16. The topological polar surface area (TPSA) is 41.5 Å². The van der Waals surface area contributed by atoms with Crippen LogP contribution in [0.3, 0.4) is 0 Å². The molecule has 0 spiro atoms. The Morgan fingerprint density at radius 3 is 2.63 bits per heavy atom. The van der Waals surface area contributed by atoms with Crippen molar-refractivity contribution < 1.29 is 18.6 Å². The van der Waals surface area contributed by atoms with E-state index in [1.165, 1.54) is 6.07 Å². The van der Waals surface area contributed by atoms with Crippen molar-refractivity contribution in [2.45, 2.75) is 12.5 Å². The minimum Gasteiger partial charge on any atom is -0.387 e. The van der Waals surface area contributed by atoms with Crippen molar-refractivity contribution in [2.75, 3.05) is 26.3 Å². The highest BCUT2D eigenvalue weighted by Crippen LogP contribution is 2.19. The maximum absolute atomic E-state index is 13.4. The van der Waals surface area contributed by atoms with E-state index in [1.807, 2.05) is 0 Å². The van der Waals surface area contributed by atoms with Crippen molar-refractivity contribution in [1.29, 1.82) is 0 Å². The highest BCUT2D eigenvalue weighted by Gasteiger charge is 2.16. The molecule has 1 rings (SSSR count). The summed E-state index contributed by atoms with van der Waals surface area (Å²) in [7, 11) is 0. The van der Waals surface area contributed by atoms with Crippen molar-refractivity contribution >= 4 is 0 Å². The van der Waals surface area contributed by atoms with Crippen LogP contribution in [0, 0.1) is 11.6 Å². The first-order valence-electron chi connectivity index (χ1n) is 6.18. The Morgan fingerprint density at radius 2 is 2.00 bits per heavy atom. The molecule has 0 aliphatic carbocycles. The Hall–Kier alpha value is -1.30. The first-order valence-corrected chi connectivity index (χ1v) is 6.18. The van der Waals surface area contributed by atoms with Gasteiger partial charge >= 0.3 is 0 Å². The summed E-state index contributed by atoms with van der Waals surface area (Å²) in [5.41, 5.74) is -0.303. The number of halogens is 2. The number of nitrogens with one attached hydrogen (secondary N) is 1. The monoisotopic (exact) mass is 271 g/mol. The van der Waals surface area contributed by atoms with Crippen molar-refractivity contribution in [3.8, 4) is 0 Å². The lowest BCUT2D eigenvalue weighted by atomic mass is 10.1. The number of ether oxygens (including phenoxy) is 1. The lowest BCUT2D eigenvalue weighted by molar-refractivity contribution is 0.129. The fraction of sp³-hybridized carbons (Fsp3) is 0.429.